The number of hydrogen-bond acceptors (Lipinski definition) is 4. The van der Waals surface area contributed by atoms with Gasteiger partial charge in [0.2, 0.25) is 11.8 Å². The first-order chi connectivity index (χ1) is 15.6. The van der Waals surface area contributed by atoms with Crippen LogP contribution in [0.1, 0.15) is 30.7 Å². The molecule has 2 aromatic carbocycles. The number of nitrogens with one attached hydrogen (secondary N) is 3. The number of H-pyrrole nitrogens is 2. The molecule has 3 aromatic rings. The molecule has 8 heteroatoms. The van der Waals surface area contributed by atoms with Crippen LogP contribution in [0.25, 0.3) is 11.0 Å². The Bertz CT molecular complexity index is 1080. The third kappa shape index (κ3) is 4.54. The van der Waals surface area contributed by atoms with Crippen LogP contribution in [-0.2, 0) is 22.6 Å². The number of fused-ring (bicyclic) bond motifs is 1. The normalized spacial score (nSPS) is 15.7. The second-order valence-corrected chi connectivity index (χ2v) is 7.89. The van der Waals surface area contributed by atoms with Crippen LogP contribution < -0.4 is 19.8 Å². The Hall–Kier alpha value is -3.55. The van der Waals surface area contributed by atoms with E-state index >= 15 is 0 Å². The van der Waals surface area contributed by atoms with Gasteiger partial charge in [0.05, 0.1) is 20.6 Å². The molecular weight excluding hydrogens is 408 g/mol. The molecule has 1 aliphatic rings. The van der Waals surface area contributed by atoms with Crippen molar-refractivity contribution >= 4 is 22.8 Å². The second kappa shape index (κ2) is 9.72. The number of aryl methyl sites for hydroxylation is 1. The number of aromatic nitrogens is 2. The van der Waals surface area contributed by atoms with E-state index < -0.39 is 6.04 Å². The Morgan fingerprint density at radius 3 is 2.78 bits per heavy atom. The quantitative estimate of drug-likeness (QED) is 0.565. The lowest BCUT2D eigenvalue weighted by Gasteiger charge is -2.24. The fraction of sp³-hybridized carbons (Fsp3) is 0.375. The topological polar surface area (TPSA) is 97.8 Å². The number of hydrogen-bond donors (Lipinski definition) is 2. The zero-order valence-electron chi connectivity index (χ0n) is 18.4. The van der Waals surface area contributed by atoms with Gasteiger partial charge in [-0.25, -0.2) is 9.97 Å². The summed E-state index contributed by atoms with van der Waals surface area (Å²) in [5.74, 6) is 1.98. The van der Waals surface area contributed by atoms with Gasteiger partial charge in [0, 0.05) is 25.1 Å². The number of imidazole rings is 1. The van der Waals surface area contributed by atoms with E-state index in [2.05, 4.69) is 15.3 Å². The molecule has 168 valence electrons. The van der Waals surface area contributed by atoms with Gasteiger partial charge in [-0.1, -0.05) is 24.3 Å². The Morgan fingerprint density at radius 1 is 1.16 bits per heavy atom. The maximum Gasteiger partial charge on any atom is 0.253 e. The molecule has 4 rings (SSSR count). The lowest BCUT2D eigenvalue weighted by Crippen LogP contribution is -2.45. The van der Waals surface area contributed by atoms with Crippen LogP contribution in [0, 0.1) is 0 Å². The minimum atomic E-state index is -0.439. The van der Waals surface area contributed by atoms with E-state index in [1.54, 1.807) is 19.1 Å². The molecule has 3 N–H and O–H groups in total. The Labute approximate surface area is 186 Å². The number of carbonyl (C=O) groups excluding carboxylic acids is 2. The van der Waals surface area contributed by atoms with Crippen molar-refractivity contribution in [3.63, 3.8) is 0 Å². The van der Waals surface area contributed by atoms with Gasteiger partial charge in [0.1, 0.15) is 6.04 Å². The summed E-state index contributed by atoms with van der Waals surface area (Å²) in [5.41, 5.74) is 2.85. The largest absolute Gasteiger partial charge is 0.493 e. The Morgan fingerprint density at radius 2 is 2.00 bits per heavy atom. The van der Waals surface area contributed by atoms with E-state index in [4.69, 9.17) is 9.47 Å². The lowest BCUT2D eigenvalue weighted by atomic mass is 10.1. The third-order valence-electron chi connectivity index (χ3n) is 5.90. The minimum Gasteiger partial charge on any atom is -0.493 e. The molecule has 2 heterocycles. The fourth-order valence-corrected chi connectivity index (χ4v) is 4.29. The van der Waals surface area contributed by atoms with Crippen LogP contribution >= 0.6 is 0 Å². The van der Waals surface area contributed by atoms with Crippen molar-refractivity contribution < 1.29 is 24.0 Å². The van der Waals surface area contributed by atoms with Crippen molar-refractivity contribution in [1.82, 2.24) is 15.2 Å². The van der Waals surface area contributed by atoms with Crippen molar-refractivity contribution in [3.8, 4) is 11.5 Å². The number of methoxy groups -OCH3 is 2. The molecular formula is C24H29N4O4+. The van der Waals surface area contributed by atoms with Crippen molar-refractivity contribution in [1.29, 1.82) is 0 Å². The minimum absolute atomic E-state index is 0.00586. The van der Waals surface area contributed by atoms with Crippen molar-refractivity contribution in [3.05, 3.63) is 53.9 Å². The van der Waals surface area contributed by atoms with Crippen molar-refractivity contribution in [2.24, 2.45) is 0 Å². The zero-order chi connectivity index (χ0) is 22.5. The smallest absolute Gasteiger partial charge is 0.253 e. The maximum atomic E-state index is 12.9. The van der Waals surface area contributed by atoms with Gasteiger partial charge in [-0.05, 0) is 31.0 Å². The van der Waals surface area contributed by atoms with Gasteiger partial charge in [-0.15, -0.1) is 0 Å². The molecule has 32 heavy (non-hydrogen) atoms. The van der Waals surface area contributed by atoms with Gasteiger partial charge in [0.15, 0.2) is 22.5 Å². The highest BCUT2D eigenvalue weighted by Gasteiger charge is 2.34. The molecule has 1 saturated heterocycles. The number of likely N-dealkylation sites (tertiary alicyclic amines) is 1. The number of rotatable bonds is 8. The molecule has 0 aliphatic carbocycles. The van der Waals surface area contributed by atoms with E-state index in [9.17, 15) is 9.59 Å². The SMILES string of the molecule is COc1cccc(CNC(=O)[C@@H]2CCCN2C(=O)CCc2[nH]c3ccccc3[nH+]2)c1OC. The molecule has 0 radical (unpaired) electrons. The predicted molar refractivity (Wildman–Crippen MR) is 119 cm³/mol. The summed E-state index contributed by atoms with van der Waals surface area (Å²) in [7, 11) is 3.15. The first-order valence-electron chi connectivity index (χ1n) is 10.9. The molecule has 1 aliphatic heterocycles. The van der Waals surface area contributed by atoms with Crippen LogP contribution in [0.2, 0.25) is 0 Å². The summed E-state index contributed by atoms with van der Waals surface area (Å²) in [6.45, 7) is 0.914. The van der Waals surface area contributed by atoms with Crippen molar-refractivity contribution in [2.45, 2.75) is 38.3 Å². The first kappa shape index (κ1) is 21.7. The molecule has 0 spiro atoms. The molecule has 0 unspecified atom stereocenters. The molecule has 1 fully saturated rings. The first-order valence-corrected chi connectivity index (χ1v) is 10.9. The van der Waals surface area contributed by atoms with E-state index in [-0.39, 0.29) is 11.8 Å². The van der Waals surface area contributed by atoms with E-state index in [0.717, 1.165) is 28.8 Å². The van der Waals surface area contributed by atoms with Gasteiger partial charge >= 0.3 is 0 Å². The summed E-state index contributed by atoms with van der Waals surface area (Å²) in [6.07, 6.45) is 2.41. The lowest BCUT2D eigenvalue weighted by molar-refractivity contribution is -0.357. The number of aromatic amines is 2. The highest BCUT2D eigenvalue weighted by molar-refractivity contribution is 5.88. The van der Waals surface area contributed by atoms with Crippen LogP contribution in [0.4, 0.5) is 0 Å². The summed E-state index contributed by atoms with van der Waals surface area (Å²) >= 11 is 0. The number of para-hydroxylation sites is 3. The molecule has 0 bridgehead atoms. The predicted octanol–water partition coefficient (Wildman–Crippen LogP) is 2.24. The second-order valence-electron chi connectivity index (χ2n) is 7.89. The van der Waals surface area contributed by atoms with E-state index in [0.29, 0.717) is 43.9 Å². The average Bonchev–Trinajstić information content (AvgIpc) is 3.47. The van der Waals surface area contributed by atoms with Crippen LogP contribution in [0.5, 0.6) is 11.5 Å². The number of carbonyl (C=O) groups is 2. The molecule has 2 amide bonds. The highest BCUT2D eigenvalue weighted by atomic mass is 16.5. The zero-order valence-corrected chi connectivity index (χ0v) is 18.4. The highest BCUT2D eigenvalue weighted by Crippen LogP contribution is 2.30. The van der Waals surface area contributed by atoms with Crippen LogP contribution in [0.15, 0.2) is 42.5 Å². The van der Waals surface area contributed by atoms with Gasteiger partial charge in [-0.3, -0.25) is 9.59 Å². The third-order valence-corrected chi connectivity index (χ3v) is 5.90. The number of amides is 2. The average molecular weight is 438 g/mol. The van der Waals surface area contributed by atoms with Crippen LogP contribution in [-0.4, -0.2) is 48.5 Å². The van der Waals surface area contributed by atoms with Gasteiger partial charge in [0.25, 0.3) is 5.82 Å². The molecule has 8 nitrogen and oxygen atoms in total. The van der Waals surface area contributed by atoms with E-state index in [1.807, 2.05) is 42.5 Å². The summed E-state index contributed by atoms with van der Waals surface area (Å²) in [6, 6.07) is 13.0. The molecule has 1 atom stereocenters. The van der Waals surface area contributed by atoms with Crippen LogP contribution in [0.3, 0.4) is 0 Å². The number of ether oxygens (including phenoxy) is 2. The van der Waals surface area contributed by atoms with E-state index in [1.165, 1.54) is 0 Å². The maximum absolute atomic E-state index is 12.9. The number of benzene rings is 2. The molecule has 1 aromatic heterocycles. The monoisotopic (exact) mass is 437 g/mol. The Balaban J connectivity index is 1.35. The standard InChI is InChI=1S/C24H28N4O4/c1-31-20-11-5-7-16(23(20)32-2)15-25-24(30)19-10-6-14-28(19)22(29)13-12-21-26-17-8-3-4-9-18(17)27-21/h3-5,7-9,11,19H,6,10,12-15H2,1-2H3,(H,25,30)(H,26,27)/p+1/t19-/m0/s1. The molecule has 0 saturated carbocycles. The van der Waals surface area contributed by atoms with Gasteiger partial charge in [-0.2, -0.15) is 0 Å². The Kier molecular flexibility index (Phi) is 6.58. The summed E-state index contributed by atoms with van der Waals surface area (Å²) in [4.78, 5) is 34.1. The van der Waals surface area contributed by atoms with Gasteiger partial charge < -0.3 is 19.7 Å². The fourth-order valence-electron chi connectivity index (χ4n) is 4.29. The number of nitrogens with zero attached hydrogens (tertiary/aromatic N) is 1. The van der Waals surface area contributed by atoms with Crippen molar-refractivity contribution in [2.75, 3.05) is 20.8 Å². The summed E-state index contributed by atoms with van der Waals surface area (Å²) in [5, 5.41) is 2.96. The summed E-state index contributed by atoms with van der Waals surface area (Å²) < 4.78 is 10.8.